The predicted molar refractivity (Wildman–Crippen MR) is 107 cm³/mol. The largest absolute Gasteiger partial charge is 0.340 e. The molecular weight excluding hydrogens is 360 g/mol. The molecule has 0 fully saturated rings. The summed E-state index contributed by atoms with van der Waals surface area (Å²) >= 11 is 6.12. The van der Waals surface area contributed by atoms with Crippen LogP contribution in [0.3, 0.4) is 0 Å². The van der Waals surface area contributed by atoms with Gasteiger partial charge in [0, 0.05) is 44.8 Å². The normalized spacial score (nSPS) is 11.1. The van der Waals surface area contributed by atoms with Gasteiger partial charge in [0.25, 0.3) is 0 Å². The first-order chi connectivity index (χ1) is 13.3. The Labute approximate surface area is 159 Å². The summed E-state index contributed by atoms with van der Waals surface area (Å²) in [6, 6.07) is 15.5. The van der Waals surface area contributed by atoms with Crippen LogP contribution in [-0.2, 0) is 0 Å². The molecule has 0 unspecified atom stereocenters. The van der Waals surface area contributed by atoms with Crippen LogP contribution in [0.1, 0.15) is 0 Å². The fourth-order valence-electron chi connectivity index (χ4n) is 3.14. The fourth-order valence-corrected chi connectivity index (χ4v) is 3.33. The highest BCUT2D eigenvalue weighted by Gasteiger charge is 2.11. The van der Waals surface area contributed by atoms with E-state index in [-0.39, 0.29) is 0 Å². The highest BCUT2D eigenvalue weighted by molar-refractivity contribution is 6.30. The molecule has 0 bridgehead atoms. The van der Waals surface area contributed by atoms with Gasteiger partial charge >= 0.3 is 0 Å². The zero-order valence-electron chi connectivity index (χ0n) is 14.0. The number of nitrogens with one attached hydrogen (secondary N) is 2. The molecule has 130 valence electrons. The number of hydrogen-bond donors (Lipinski definition) is 2. The van der Waals surface area contributed by atoms with E-state index in [4.69, 9.17) is 16.6 Å². The summed E-state index contributed by atoms with van der Waals surface area (Å²) in [5.74, 6) is 1.45. The standard InChI is InChI=1S/C20H13ClN6/c21-13-2-1-3-14(9-13)25-20-16-6-7-22-10-17(16)15-5-4-12(8-18(15)26-20)19-23-11-24-27-19/h1-11H,(H,25,26)(H,23,24,27). The van der Waals surface area contributed by atoms with E-state index in [0.717, 1.165) is 38.7 Å². The van der Waals surface area contributed by atoms with Crippen molar-refractivity contribution in [3.8, 4) is 11.4 Å². The van der Waals surface area contributed by atoms with E-state index in [1.54, 1.807) is 6.20 Å². The zero-order valence-corrected chi connectivity index (χ0v) is 14.8. The number of rotatable bonds is 3. The molecule has 0 saturated heterocycles. The first-order valence-corrected chi connectivity index (χ1v) is 8.71. The zero-order chi connectivity index (χ0) is 18.2. The Kier molecular flexibility index (Phi) is 3.69. The molecule has 0 aliphatic rings. The number of H-pyrrole nitrogens is 1. The molecule has 0 aliphatic heterocycles. The van der Waals surface area contributed by atoms with Crippen molar-refractivity contribution in [3.63, 3.8) is 0 Å². The molecule has 5 aromatic rings. The highest BCUT2D eigenvalue weighted by atomic mass is 35.5. The van der Waals surface area contributed by atoms with Crippen LogP contribution in [-0.4, -0.2) is 25.1 Å². The molecule has 5 rings (SSSR count). The quantitative estimate of drug-likeness (QED) is 0.437. The number of hydrogen-bond acceptors (Lipinski definition) is 5. The Hall–Kier alpha value is -3.51. The minimum atomic E-state index is 0.666. The van der Waals surface area contributed by atoms with Crippen LogP contribution in [0.15, 0.2) is 67.3 Å². The number of nitrogens with zero attached hydrogens (tertiary/aromatic N) is 4. The van der Waals surface area contributed by atoms with Crippen LogP contribution in [0.4, 0.5) is 11.5 Å². The molecule has 0 atom stereocenters. The van der Waals surface area contributed by atoms with Crippen LogP contribution < -0.4 is 5.32 Å². The van der Waals surface area contributed by atoms with Crippen molar-refractivity contribution in [1.82, 2.24) is 25.1 Å². The summed E-state index contributed by atoms with van der Waals surface area (Å²) < 4.78 is 0. The molecule has 0 spiro atoms. The third-order valence-corrected chi connectivity index (χ3v) is 4.61. The van der Waals surface area contributed by atoms with Crippen molar-refractivity contribution in [3.05, 3.63) is 72.3 Å². The lowest BCUT2D eigenvalue weighted by Crippen LogP contribution is -1.97. The van der Waals surface area contributed by atoms with Gasteiger partial charge in [-0.3, -0.25) is 10.1 Å². The lowest BCUT2D eigenvalue weighted by Gasteiger charge is -2.12. The molecule has 2 aromatic carbocycles. The van der Waals surface area contributed by atoms with Crippen molar-refractivity contribution < 1.29 is 0 Å². The number of benzene rings is 2. The van der Waals surface area contributed by atoms with E-state index in [9.17, 15) is 0 Å². The number of fused-ring (bicyclic) bond motifs is 3. The molecule has 27 heavy (non-hydrogen) atoms. The summed E-state index contributed by atoms with van der Waals surface area (Å²) in [5, 5.41) is 13.9. The first kappa shape index (κ1) is 15.7. The predicted octanol–water partition coefficient (Wildman–Crippen LogP) is 4.97. The molecule has 0 aliphatic carbocycles. The van der Waals surface area contributed by atoms with Crippen LogP contribution in [0, 0.1) is 0 Å². The van der Waals surface area contributed by atoms with Crippen molar-refractivity contribution in [1.29, 1.82) is 0 Å². The fraction of sp³-hybridized carbons (Fsp3) is 0. The van der Waals surface area contributed by atoms with E-state index >= 15 is 0 Å². The van der Waals surface area contributed by atoms with Gasteiger partial charge in [-0.15, -0.1) is 0 Å². The molecular formula is C20H13ClN6. The van der Waals surface area contributed by atoms with Gasteiger partial charge in [0.05, 0.1) is 5.52 Å². The van der Waals surface area contributed by atoms with Crippen LogP contribution in [0.25, 0.3) is 33.1 Å². The minimum Gasteiger partial charge on any atom is -0.340 e. The molecule has 0 saturated carbocycles. The molecule has 0 radical (unpaired) electrons. The van der Waals surface area contributed by atoms with Gasteiger partial charge in [0.15, 0.2) is 5.82 Å². The Morgan fingerprint density at radius 2 is 1.93 bits per heavy atom. The van der Waals surface area contributed by atoms with Crippen molar-refractivity contribution in [2.24, 2.45) is 0 Å². The highest BCUT2D eigenvalue weighted by Crippen LogP contribution is 2.32. The van der Waals surface area contributed by atoms with Gasteiger partial charge in [0.1, 0.15) is 12.1 Å². The second-order valence-corrected chi connectivity index (χ2v) is 6.52. The average molecular weight is 373 g/mol. The van der Waals surface area contributed by atoms with E-state index in [1.807, 2.05) is 54.7 Å². The summed E-state index contributed by atoms with van der Waals surface area (Å²) in [6.07, 6.45) is 5.11. The van der Waals surface area contributed by atoms with Crippen molar-refractivity contribution >= 4 is 44.8 Å². The van der Waals surface area contributed by atoms with Crippen LogP contribution in [0.2, 0.25) is 5.02 Å². The van der Waals surface area contributed by atoms with Crippen molar-refractivity contribution in [2.45, 2.75) is 0 Å². The summed E-state index contributed by atoms with van der Waals surface area (Å²) in [6.45, 7) is 0. The van der Waals surface area contributed by atoms with E-state index in [2.05, 4.69) is 25.5 Å². The molecule has 0 amide bonds. The van der Waals surface area contributed by atoms with E-state index < -0.39 is 0 Å². The Morgan fingerprint density at radius 1 is 0.963 bits per heavy atom. The van der Waals surface area contributed by atoms with Gasteiger partial charge in [-0.25, -0.2) is 9.97 Å². The van der Waals surface area contributed by atoms with Crippen molar-refractivity contribution in [2.75, 3.05) is 5.32 Å². The van der Waals surface area contributed by atoms with E-state index in [0.29, 0.717) is 10.8 Å². The number of anilines is 2. The van der Waals surface area contributed by atoms with Gasteiger partial charge in [-0.2, -0.15) is 5.10 Å². The van der Waals surface area contributed by atoms with Gasteiger partial charge < -0.3 is 5.32 Å². The molecule has 3 heterocycles. The first-order valence-electron chi connectivity index (χ1n) is 8.34. The topological polar surface area (TPSA) is 79.4 Å². The number of halogens is 1. The minimum absolute atomic E-state index is 0.666. The second kappa shape index (κ2) is 6.34. The maximum atomic E-state index is 6.12. The maximum Gasteiger partial charge on any atom is 0.155 e. The van der Waals surface area contributed by atoms with Gasteiger partial charge in [-0.1, -0.05) is 29.8 Å². The monoisotopic (exact) mass is 372 g/mol. The Morgan fingerprint density at radius 3 is 2.78 bits per heavy atom. The average Bonchev–Trinajstić information content (AvgIpc) is 3.23. The lowest BCUT2D eigenvalue weighted by molar-refractivity contribution is 1.10. The molecule has 6 nitrogen and oxygen atoms in total. The third-order valence-electron chi connectivity index (χ3n) is 4.37. The number of aromatic amines is 1. The van der Waals surface area contributed by atoms with Gasteiger partial charge in [-0.05, 0) is 30.3 Å². The molecule has 3 aromatic heterocycles. The smallest absolute Gasteiger partial charge is 0.155 e. The van der Waals surface area contributed by atoms with Crippen LogP contribution >= 0.6 is 11.6 Å². The summed E-state index contributed by atoms with van der Waals surface area (Å²) in [4.78, 5) is 13.4. The van der Waals surface area contributed by atoms with Crippen LogP contribution in [0.5, 0.6) is 0 Å². The third kappa shape index (κ3) is 2.86. The summed E-state index contributed by atoms with van der Waals surface area (Å²) in [5.41, 5.74) is 2.64. The lowest BCUT2D eigenvalue weighted by atomic mass is 10.1. The number of pyridine rings is 2. The molecule has 7 heteroatoms. The Bertz CT molecular complexity index is 1270. The second-order valence-electron chi connectivity index (χ2n) is 6.08. The van der Waals surface area contributed by atoms with E-state index in [1.165, 1.54) is 6.33 Å². The Balaban J connectivity index is 1.72. The summed E-state index contributed by atoms with van der Waals surface area (Å²) in [7, 11) is 0. The SMILES string of the molecule is Clc1cccc(Nc2nc3cc(-c4ncn[nH]4)ccc3c3cnccc23)c1. The number of aromatic nitrogens is 5. The van der Waals surface area contributed by atoms with Gasteiger partial charge in [0.2, 0.25) is 0 Å². The molecule has 2 N–H and O–H groups in total. The maximum absolute atomic E-state index is 6.12.